The Bertz CT molecular complexity index is 607. The van der Waals surface area contributed by atoms with E-state index in [1.165, 1.54) is 12.7 Å². The quantitative estimate of drug-likeness (QED) is 0.937. The van der Waals surface area contributed by atoms with E-state index >= 15 is 0 Å². The van der Waals surface area contributed by atoms with Gasteiger partial charge in [-0.25, -0.2) is 14.5 Å². The van der Waals surface area contributed by atoms with E-state index in [4.69, 9.17) is 0 Å². The van der Waals surface area contributed by atoms with Gasteiger partial charge in [-0.1, -0.05) is 13.0 Å². The van der Waals surface area contributed by atoms with Gasteiger partial charge < -0.3 is 5.32 Å². The minimum absolute atomic E-state index is 0.144. The molecule has 0 atom stereocenters. The number of urea groups is 1. The van der Waals surface area contributed by atoms with Gasteiger partial charge in [0, 0.05) is 12.2 Å². The molecular formula is C16H22N6O. The molecule has 2 aromatic heterocycles. The minimum atomic E-state index is -0.144. The first-order valence-corrected chi connectivity index (χ1v) is 8.05. The van der Waals surface area contributed by atoms with Crippen LogP contribution >= 0.6 is 0 Å². The van der Waals surface area contributed by atoms with Crippen LogP contribution in [0.5, 0.6) is 0 Å². The predicted molar refractivity (Wildman–Crippen MR) is 86.1 cm³/mol. The van der Waals surface area contributed by atoms with Gasteiger partial charge in [0.15, 0.2) is 0 Å². The molecule has 0 spiro atoms. The topological polar surface area (TPSA) is 75.9 Å². The zero-order valence-electron chi connectivity index (χ0n) is 13.3. The highest BCUT2D eigenvalue weighted by Crippen LogP contribution is 2.23. The molecule has 1 fully saturated rings. The van der Waals surface area contributed by atoms with Gasteiger partial charge in [0.1, 0.15) is 12.7 Å². The molecule has 0 aromatic carbocycles. The van der Waals surface area contributed by atoms with E-state index in [0.717, 1.165) is 37.3 Å². The van der Waals surface area contributed by atoms with Crippen molar-refractivity contribution in [1.29, 1.82) is 0 Å². The Hall–Kier alpha value is -2.44. The third-order valence-electron chi connectivity index (χ3n) is 4.30. The van der Waals surface area contributed by atoms with E-state index in [1.807, 2.05) is 18.2 Å². The number of hydrogen-bond donors (Lipinski definition) is 1. The summed E-state index contributed by atoms with van der Waals surface area (Å²) in [4.78, 5) is 17.0. The molecule has 0 radical (unpaired) electrons. The number of carbonyl (C=O) groups is 1. The lowest BCUT2D eigenvalue weighted by Gasteiger charge is -2.30. The number of rotatable bonds is 4. The summed E-state index contributed by atoms with van der Waals surface area (Å²) in [7, 11) is 0. The van der Waals surface area contributed by atoms with Gasteiger partial charge in [0.25, 0.3) is 0 Å². The van der Waals surface area contributed by atoms with Crippen LogP contribution in [0.25, 0.3) is 0 Å². The lowest BCUT2D eigenvalue weighted by Crippen LogP contribution is -2.50. The van der Waals surface area contributed by atoms with Gasteiger partial charge in [-0.15, -0.1) is 10.2 Å². The standard InChI is InChI=1S/C16H22N6O/c1-13-5-7-14(8-6-13)20-16(23)22(21-11-18-19-12-21)10-15-4-2-3-9-17-15/h2-4,9,11-14H,5-8,10H2,1H3,(H,20,23). The maximum absolute atomic E-state index is 12.7. The molecule has 0 bridgehead atoms. The van der Waals surface area contributed by atoms with E-state index in [9.17, 15) is 4.79 Å². The van der Waals surface area contributed by atoms with Crippen molar-refractivity contribution in [2.45, 2.75) is 45.2 Å². The lowest BCUT2D eigenvalue weighted by atomic mass is 9.87. The van der Waals surface area contributed by atoms with Gasteiger partial charge in [0.05, 0.1) is 12.2 Å². The zero-order valence-corrected chi connectivity index (χ0v) is 13.3. The van der Waals surface area contributed by atoms with Crippen LogP contribution in [0.15, 0.2) is 37.1 Å². The van der Waals surface area contributed by atoms with E-state index in [1.54, 1.807) is 15.9 Å². The van der Waals surface area contributed by atoms with Crippen LogP contribution in [0, 0.1) is 5.92 Å². The van der Waals surface area contributed by atoms with Gasteiger partial charge in [0.2, 0.25) is 0 Å². The van der Waals surface area contributed by atoms with Crippen molar-refractivity contribution in [2.75, 3.05) is 5.01 Å². The molecule has 0 unspecified atom stereocenters. The van der Waals surface area contributed by atoms with Crippen molar-refractivity contribution in [2.24, 2.45) is 5.92 Å². The summed E-state index contributed by atoms with van der Waals surface area (Å²) in [6.45, 7) is 2.64. The van der Waals surface area contributed by atoms with Crippen LogP contribution < -0.4 is 10.3 Å². The number of nitrogens with one attached hydrogen (secondary N) is 1. The third-order valence-corrected chi connectivity index (χ3v) is 4.30. The van der Waals surface area contributed by atoms with Crippen molar-refractivity contribution in [3.8, 4) is 0 Å². The molecule has 122 valence electrons. The molecule has 2 aromatic rings. The average molecular weight is 314 g/mol. The van der Waals surface area contributed by atoms with Crippen molar-refractivity contribution < 1.29 is 4.79 Å². The Morgan fingerprint density at radius 3 is 2.65 bits per heavy atom. The molecular weight excluding hydrogens is 292 g/mol. The van der Waals surface area contributed by atoms with Crippen LogP contribution in [-0.4, -0.2) is 31.9 Å². The molecule has 0 saturated heterocycles. The fourth-order valence-electron chi connectivity index (χ4n) is 2.88. The molecule has 2 heterocycles. The van der Waals surface area contributed by atoms with E-state index < -0.39 is 0 Å². The van der Waals surface area contributed by atoms with Gasteiger partial charge in [-0.05, 0) is 43.7 Å². The van der Waals surface area contributed by atoms with Crippen LogP contribution in [0.2, 0.25) is 0 Å². The Morgan fingerprint density at radius 2 is 2.00 bits per heavy atom. The van der Waals surface area contributed by atoms with Crippen LogP contribution in [-0.2, 0) is 6.54 Å². The largest absolute Gasteiger partial charge is 0.337 e. The summed E-state index contributed by atoms with van der Waals surface area (Å²) in [5.74, 6) is 0.755. The number of aromatic nitrogens is 4. The fourth-order valence-corrected chi connectivity index (χ4v) is 2.88. The summed E-state index contributed by atoms with van der Waals surface area (Å²) in [5.41, 5.74) is 0.814. The van der Waals surface area contributed by atoms with Gasteiger partial charge >= 0.3 is 6.03 Å². The molecule has 1 aliphatic rings. The van der Waals surface area contributed by atoms with E-state index in [-0.39, 0.29) is 12.1 Å². The SMILES string of the molecule is CC1CCC(NC(=O)N(Cc2ccccn2)n2cnnc2)CC1. The Morgan fingerprint density at radius 1 is 1.26 bits per heavy atom. The summed E-state index contributed by atoms with van der Waals surface area (Å²) in [6, 6.07) is 5.76. The monoisotopic (exact) mass is 314 g/mol. The molecule has 1 saturated carbocycles. The Balaban J connectivity index is 1.69. The summed E-state index contributed by atoms with van der Waals surface area (Å²) >= 11 is 0. The van der Waals surface area contributed by atoms with Crippen molar-refractivity contribution in [3.05, 3.63) is 42.7 Å². The van der Waals surface area contributed by atoms with Crippen molar-refractivity contribution in [3.63, 3.8) is 0 Å². The third kappa shape index (κ3) is 4.06. The maximum Gasteiger partial charge on any atom is 0.337 e. The highest BCUT2D eigenvalue weighted by molar-refractivity contribution is 5.84. The van der Waals surface area contributed by atoms with Gasteiger partial charge in [-0.2, -0.15) is 0 Å². The predicted octanol–water partition coefficient (Wildman–Crippen LogP) is 2.10. The van der Waals surface area contributed by atoms with E-state index in [2.05, 4.69) is 27.4 Å². The normalized spacial score (nSPS) is 20.9. The van der Waals surface area contributed by atoms with Crippen LogP contribution in [0.1, 0.15) is 38.3 Å². The maximum atomic E-state index is 12.7. The minimum Gasteiger partial charge on any atom is -0.334 e. The molecule has 0 aliphatic heterocycles. The molecule has 2 amide bonds. The summed E-state index contributed by atoms with van der Waals surface area (Å²) < 4.78 is 1.59. The van der Waals surface area contributed by atoms with Crippen molar-refractivity contribution in [1.82, 2.24) is 25.2 Å². The second-order valence-electron chi connectivity index (χ2n) is 6.13. The molecule has 1 N–H and O–H groups in total. The highest BCUT2D eigenvalue weighted by atomic mass is 16.2. The number of hydrogen-bond acceptors (Lipinski definition) is 4. The Kier molecular flexibility index (Phi) is 4.85. The number of pyridine rings is 1. The fraction of sp³-hybridized carbons (Fsp3) is 0.500. The number of amides is 2. The second kappa shape index (κ2) is 7.21. The average Bonchev–Trinajstić information content (AvgIpc) is 3.10. The molecule has 23 heavy (non-hydrogen) atoms. The first-order valence-electron chi connectivity index (χ1n) is 8.05. The van der Waals surface area contributed by atoms with Gasteiger partial charge in [-0.3, -0.25) is 4.98 Å². The smallest absolute Gasteiger partial charge is 0.334 e. The number of nitrogens with zero attached hydrogens (tertiary/aromatic N) is 5. The van der Waals surface area contributed by atoms with Crippen molar-refractivity contribution >= 4 is 6.03 Å². The molecule has 7 heteroatoms. The van der Waals surface area contributed by atoms with Crippen LogP contribution in [0.3, 0.4) is 0 Å². The lowest BCUT2D eigenvalue weighted by molar-refractivity contribution is 0.227. The second-order valence-corrected chi connectivity index (χ2v) is 6.13. The zero-order chi connectivity index (χ0) is 16.1. The number of carbonyl (C=O) groups excluding carboxylic acids is 1. The van der Waals surface area contributed by atoms with E-state index in [0.29, 0.717) is 6.54 Å². The molecule has 3 rings (SSSR count). The van der Waals surface area contributed by atoms with Crippen LogP contribution in [0.4, 0.5) is 4.79 Å². The first kappa shape index (κ1) is 15.5. The molecule has 1 aliphatic carbocycles. The summed E-state index contributed by atoms with van der Waals surface area (Å²) in [6.07, 6.45) is 9.16. The molecule has 7 nitrogen and oxygen atoms in total. The summed E-state index contributed by atoms with van der Waals surface area (Å²) in [5, 5.41) is 12.3. The Labute approximate surface area is 135 Å². The highest BCUT2D eigenvalue weighted by Gasteiger charge is 2.23. The first-order chi connectivity index (χ1) is 11.2.